The summed E-state index contributed by atoms with van der Waals surface area (Å²) in [5, 5.41) is 129. The zero-order valence-electron chi connectivity index (χ0n) is 43.7. The standard InChI is InChI=1S/C55H58O28/c1-72-34-15-25(16-35(73-2)44(34)66)6-14-41(63)82-51-43(65)31(59)21-76-54(51)83-52-48(70)46(68)38(22-74-40(62)13-5-24-3-9-27(56)10-4-24)81-55(52)79-36-19-30-32(77-50(36)26-7-11-28(57)12-8-26)17-29(58)18-33(30)78-53-49(71)47(69)45(67)37(80-53)23-75-42(64)20-39(60)61/h3-19,31,37-38,43,45-59,65-71H,20-23H2,1-2H3,(H,60,61)/p+1. The van der Waals surface area contributed by atoms with Crippen molar-refractivity contribution in [3.05, 3.63) is 113 Å². The largest absolute Gasteiger partial charge is 0.571 e. The maximum atomic E-state index is 13.5. The zero-order chi connectivity index (χ0) is 59.8. The summed E-state index contributed by atoms with van der Waals surface area (Å²) in [6.45, 7) is -2.20. The minimum Gasteiger partial charge on any atom is -0.571 e. The molecule has 4 heterocycles. The number of esters is 3. The number of rotatable bonds is 20. The van der Waals surface area contributed by atoms with Crippen LogP contribution in [0.2, 0.25) is 0 Å². The van der Waals surface area contributed by atoms with Gasteiger partial charge in [0.05, 0.1) is 32.5 Å². The minimum atomic E-state index is -2.10. The first-order valence-electron chi connectivity index (χ1n) is 25.2. The molecule has 15 atom stereocenters. The maximum Gasteiger partial charge on any atom is 0.331 e. The van der Waals surface area contributed by atoms with Crippen molar-refractivity contribution >= 4 is 42.1 Å². The van der Waals surface area contributed by atoms with Gasteiger partial charge in [-0.25, -0.2) is 9.59 Å². The van der Waals surface area contributed by atoms with Crippen molar-refractivity contribution in [2.45, 2.75) is 98.5 Å². The van der Waals surface area contributed by atoms with E-state index in [9.17, 15) is 75.3 Å². The molecule has 28 nitrogen and oxygen atoms in total. The van der Waals surface area contributed by atoms with E-state index in [0.29, 0.717) is 11.1 Å². The molecule has 0 amide bonds. The Labute approximate surface area is 469 Å². The number of phenols is 4. The first-order chi connectivity index (χ1) is 39.6. The molecule has 4 aromatic carbocycles. The molecule has 0 spiro atoms. The van der Waals surface area contributed by atoms with Crippen LogP contribution in [0.1, 0.15) is 34.8 Å². The molecule has 83 heavy (non-hydrogen) atoms. The van der Waals surface area contributed by atoms with Crippen LogP contribution in [0.5, 0.6) is 46.0 Å². The molecule has 4 aliphatic rings. The van der Waals surface area contributed by atoms with Crippen LogP contribution < -0.4 is 14.2 Å². The number of phenolic OH excluding ortho intramolecular Hbond substituents is 4. The van der Waals surface area contributed by atoms with Gasteiger partial charge in [0.1, 0.15) is 103 Å². The van der Waals surface area contributed by atoms with Crippen molar-refractivity contribution in [3.63, 3.8) is 0 Å². The van der Waals surface area contributed by atoms with Crippen LogP contribution in [0.3, 0.4) is 0 Å². The average molecular weight is 1170 g/mol. The Balaban J connectivity index is 1.13. The van der Waals surface area contributed by atoms with E-state index in [2.05, 4.69) is 0 Å². The van der Waals surface area contributed by atoms with E-state index in [1.165, 1.54) is 99.2 Å². The van der Waals surface area contributed by atoms with Crippen LogP contribution in [0.4, 0.5) is 0 Å². The maximum absolute atomic E-state index is 13.5. The van der Waals surface area contributed by atoms with Crippen LogP contribution in [-0.4, -0.2) is 210 Å². The van der Waals surface area contributed by atoms with Crippen molar-refractivity contribution < 1.29 is 137 Å². The lowest BCUT2D eigenvalue weighted by Gasteiger charge is -2.45. The number of ether oxygens (including phenoxy) is 12. The normalized spacial score (nSPS) is 28.7. The van der Waals surface area contributed by atoms with Crippen molar-refractivity contribution in [3.8, 4) is 46.0 Å². The van der Waals surface area contributed by atoms with Crippen molar-refractivity contribution in [1.29, 1.82) is 0 Å². The third kappa shape index (κ3) is 14.7. The number of carboxylic acid groups (broad SMARTS) is 1. The summed E-state index contributed by atoms with van der Waals surface area (Å²) >= 11 is 0. The third-order valence-corrected chi connectivity index (χ3v) is 13.2. The molecular weight excluding hydrogens is 1110 g/mol. The summed E-state index contributed by atoms with van der Waals surface area (Å²) in [4.78, 5) is 49.6. The molecular formula is C55H59O28+. The fraction of sp³-hybridized carbons (Fsp3) is 0.382. The van der Waals surface area contributed by atoms with Gasteiger partial charge in [-0.2, -0.15) is 0 Å². The van der Waals surface area contributed by atoms with Gasteiger partial charge >= 0.3 is 23.9 Å². The molecule has 13 N–H and O–H groups in total. The van der Waals surface area contributed by atoms with Gasteiger partial charge in [-0.1, -0.05) is 12.1 Å². The summed E-state index contributed by atoms with van der Waals surface area (Å²) in [5.74, 6) is -6.42. The Morgan fingerprint density at radius 3 is 1.87 bits per heavy atom. The van der Waals surface area contributed by atoms with E-state index in [1.54, 1.807) is 0 Å². The summed E-state index contributed by atoms with van der Waals surface area (Å²) in [6.07, 6.45) is -23.0. The fourth-order valence-corrected chi connectivity index (χ4v) is 8.88. The molecule has 28 heteroatoms. The number of benzene rings is 4. The van der Waals surface area contributed by atoms with E-state index in [4.69, 9.17) is 61.9 Å². The Morgan fingerprint density at radius 2 is 1.22 bits per heavy atom. The van der Waals surface area contributed by atoms with Crippen LogP contribution in [0, 0.1) is 0 Å². The fourth-order valence-electron chi connectivity index (χ4n) is 8.88. The molecule has 0 aliphatic carbocycles. The molecule has 0 radical (unpaired) electrons. The smallest absolute Gasteiger partial charge is 0.331 e. The predicted octanol–water partition coefficient (Wildman–Crippen LogP) is -0.124. The molecule has 15 unspecified atom stereocenters. The quantitative estimate of drug-likeness (QED) is 0.0180. The molecule has 3 fully saturated rings. The van der Waals surface area contributed by atoms with E-state index < -0.39 is 148 Å². The highest BCUT2D eigenvalue weighted by atomic mass is 16.8. The topological polar surface area (TPSA) is 425 Å². The Bertz CT molecular complexity index is 3010. The highest BCUT2D eigenvalue weighted by Gasteiger charge is 2.53. The number of methoxy groups -OCH3 is 2. The number of aromatic hydroxyl groups is 5. The van der Waals surface area contributed by atoms with Crippen molar-refractivity contribution in [2.75, 3.05) is 34.0 Å². The summed E-state index contributed by atoms with van der Waals surface area (Å²) < 4.78 is 67.5. The molecule has 4 aliphatic heterocycles. The average Bonchev–Trinajstić information content (AvgIpc) is 3.60. The van der Waals surface area contributed by atoms with E-state index in [-0.39, 0.29) is 57.1 Å². The lowest BCUT2D eigenvalue weighted by atomic mass is 9.97. The van der Waals surface area contributed by atoms with E-state index in [0.717, 1.165) is 18.2 Å². The Hall–Kier alpha value is -8.26. The van der Waals surface area contributed by atoms with E-state index >= 15 is 0 Å². The van der Waals surface area contributed by atoms with Gasteiger partial charge in [0, 0.05) is 24.3 Å². The van der Waals surface area contributed by atoms with Gasteiger partial charge in [0.15, 0.2) is 35.8 Å². The summed E-state index contributed by atoms with van der Waals surface area (Å²) in [6, 6.07) is 16.3. The van der Waals surface area contributed by atoms with Crippen molar-refractivity contribution in [2.24, 2.45) is 0 Å². The van der Waals surface area contributed by atoms with Crippen LogP contribution in [0.25, 0.3) is 18.2 Å². The zero-order valence-corrected chi connectivity index (χ0v) is 43.7. The van der Waals surface area contributed by atoms with Crippen molar-refractivity contribution in [1.82, 2.24) is 0 Å². The highest BCUT2D eigenvalue weighted by Crippen LogP contribution is 2.47. The lowest BCUT2D eigenvalue weighted by molar-refractivity contribution is -0.353. The minimum absolute atomic E-state index is 0.00519. The number of aliphatic hydroxyl groups excluding tert-OH is 7. The molecule has 0 saturated carbocycles. The second kappa shape index (κ2) is 26.8. The molecule has 3 saturated heterocycles. The number of carbonyl (C=O) groups excluding carboxylic acids is 3. The number of fused-ring (bicyclic) bond motifs is 1. The third-order valence-electron chi connectivity index (χ3n) is 13.2. The lowest BCUT2D eigenvalue weighted by Crippen LogP contribution is -2.63. The number of hydrogen-bond acceptors (Lipinski definition) is 26. The molecule has 0 aromatic heterocycles. The van der Waals surface area contributed by atoms with E-state index in [1.807, 2.05) is 0 Å². The molecule has 4 aromatic rings. The number of aliphatic carboxylic acids is 1. The summed E-state index contributed by atoms with van der Waals surface area (Å²) in [5.41, 5.74) is 1.02. The molecule has 8 rings (SSSR count). The van der Waals surface area contributed by atoms with Gasteiger partial charge in [0.2, 0.25) is 18.3 Å². The number of carbonyl (C=O) groups is 4. The number of aliphatic hydroxyl groups is 8. The Kier molecular flexibility index (Phi) is 19.6. The first kappa shape index (κ1) is 60.8. The monoisotopic (exact) mass is 1170 g/mol. The van der Waals surface area contributed by atoms with Gasteiger partial charge in [-0.15, -0.1) is 0 Å². The highest BCUT2D eigenvalue weighted by molar-refractivity contribution is 5.90. The van der Waals surface area contributed by atoms with Gasteiger partial charge in [0.25, 0.3) is 11.9 Å². The van der Waals surface area contributed by atoms with Gasteiger partial charge in [-0.3, -0.25) is 9.59 Å². The second-order valence-corrected chi connectivity index (χ2v) is 19.0. The van der Waals surface area contributed by atoms with Gasteiger partial charge < -0.3 is 118 Å². The molecule has 0 bridgehead atoms. The SMILES string of the molecule is COc1cc(C=CC(=O)OC2C(OC3C(OC4=Cc5c(OC6OC(COC(=O)CC(=O)O)C(O)C(O)C6O)cc(O)cc5[OH+]C4c4ccc(O)cc4)OC(COC(=O)C=Cc4ccc(O)cc4)C(O)C3O)OCC(O)C2O)cc(OC)c1O. The predicted molar refractivity (Wildman–Crippen MR) is 276 cm³/mol. The Morgan fingerprint density at radius 1 is 0.614 bits per heavy atom. The van der Waals surface area contributed by atoms with Crippen LogP contribution >= 0.6 is 0 Å². The number of carboxylic acids is 1. The van der Waals surface area contributed by atoms with Crippen LogP contribution in [0.15, 0.2) is 90.7 Å². The number of hydrogen-bond donors (Lipinski definition) is 12. The second-order valence-electron chi connectivity index (χ2n) is 19.0. The first-order valence-corrected chi connectivity index (χ1v) is 25.2. The van der Waals surface area contributed by atoms with Gasteiger partial charge in [-0.05, 0) is 71.8 Å². The summed E-state index contributed by atoms with van der Waals surface area (Å²) in [7, 11) is 2.57. The van der Waals surface area contributed by atoms with Crippen LogP contribution in [-0.2, 0) is 57.1 Å². The molecule has 446 valence electrons.